The molecule has 0 aromatic carbocycles. The van der Waals surface area contributed by atoms with Crippen LogP contribution in [0.15, 0.2) is 24.4 Å². The highest BCUT2D eigenvalue weighted by Gasteiger charge is 2.21. The van der Waals surface area contributed by atoms with Gasteiger partial charge in [-0.25, -0.2) is 4.98 Å². The van der Waals surface area contributed by atoms with Gasteiger partial charge in [0.1, 0.15) is 5.82 Å². The number of aromatic nitrogens is 1. The van der Waals surface area contributed by atoms with Gasteiger partial charge < -0.3 is 15.3 Å². The van der Waals surface area contributed by atoms with Crippen molar-refractivity contribution in [3.8, 4) is 0 Å². The van der Waals surface area contributed by atoms with Gasteiger partial charge in [0.15, 0.2) is 0 Å². The van der Waals surface area contributed by atoms with Gasteiger partial charge in [-0.1, -0.05) is 26.8 Å². The minimum Gasteiger partial charge on any atom is -0.392 e. The Bertz CT molecular complexity index is 408. The lowest BCUT2D eigenvalue weighted by Crippen LogP contribution is -2.45. The van der Waals surface area contributed by atoms with Crippen molar-refractivity contribution in [3.05, 3.63) is 24.4 Å². The fourth-order valence-electron chi connectivity index (χ4n) is 2.94. The van der Waals surface area contributed by atoms with E-state index in [-0.39, 0.29) is 11.5 Å². The number of aliphatic hydroxyl groups is 1. The highest BCUT2D eigenvalue weighted by molar-refractivity contribution is 5.38. The molecule has 1 aliphatic rings. The van der Waals surface area contributed by atoms with Crippen LogP contribution in [0.5, 0.6) is 0 Å². The lowest BCUT2D eigenvalue weighted by Gasteiger charge is -2.34. The van der Waals surface area contributed by atoms with E-state index in [0.29, 0.717) is 12.6 Å². The Hall–Kier alpha value is -1.13. The van der Waals surface area contributed by atoms with Crippen molar-refractivity contribution < 1.29 is 5.11 Å². The van der Waals surface area contributed by atoms with Crippen molar-refractivity contribution in [2.24, 2.45) is 5.41 Å². The molecule has 0 saturated carbocycles. The molecule has 2 N–H and O–H groups in total. The number of rotatable bonds is 5. The molecule has 1 aromatic rings. The largest absolute Gasteiger partial charge is 0.392 e. The molecule has 0 aliphatic carbocycles. The summed E-state index contributed by atoms with van der Waals surface area (Å²) in [7, 11) is 0. The monoisotopic (exact) mass is 291 g/mol. The van der Waals surface area contributed by atoms with Crippen molar-refractivity contribution in [3.63, 3.8) is 0 Å². The molecule has 118 valence electrons. The van der Waals surface area contributed by atoms with E-state index in [1.807, 2.05) is 18.3 Å². The van der Waals surface area contributed by atoms with Gasteiger partial charge in [-0.3, -0.25) is 0 Å². The fourth-order valence-corrected chi connectivity index (χ4v) is 2.94. The van der Waals surface area contributed by atoms with E-state index in [0.717, 1.165) is 38.2 Å². The molecule has 1 aromatic heterocycles. The van der Waals surface area contributed by atoms with Gasteiger partial charge in [0.05, 0.1) is 6.10 Å². The highest BCUT2D eigenvalue weighted by atomic mass is 16.3. The van der Waals surface area contributed by atoms with Gasteiger partial charge in [-0.15, -0.1) is 0 Å². The highest BCUT2D eigenvalue weighted by Crippen LogP contribution is 2.21. The molecule has 0 amide bonds. The summed E-state index contributed by atoms with van der Waals surface area (Å²) in [5.74, 6) is 1.07. The Morgan fingerprint density at radius 3 is 2.62 bits per heavy atom. The lowest BCUT2D eigenvalue weighted by atomic mass is 9.89. The molecule has 1 atom stereocenters. The van der Waals surface area contributed by atoms with Crippen molar-refractivity contribution in [2.75, 3.05) is 24.5 Å². The van der Waals surface area contributed by atoms with Crippen LogP contribution in [-0.2, 0) is 0 Å². The first-order valence-electron chi connectivity index (χ1n) is 8.01. The van der Waals surface area contributed by atoms with E-state index in [1.54, 1.807) is 0 Å². The van der Waals surface area contributed by atoms with Gasteiger partial charge in [0, 0.05) is 31.9 Å². The van der Waals surface area contributed by atoms with Crippen LogP contribution in [0, 0.1) is 5.41 Å². The Balaban J connectivity index is 1.70. The fraction of sp³-hybridized carbons (Fsp3) is 0.706. The maximum Gasteiger partial charge on any atom is 0.128 e. The summed E-state index contributed by atoms with van der Waals surface area (Å²) in [5.41, 5.74) is 0.184. The van der Waals surface area contributed by atoms with Crippen molar-refractivity contribution in [2.45, 2.75) is 52.2 Å². The molecule has 0 bridgehead atoms. The Morgan fingerprint density at radius 2 is 2.05 bits per heavy atom. The van der Waals surface area contributed by atoms with E-state index in [2.05, 4.69) is 42.0 Å². The Labute approximate surface area is 128 Å². The first kappa shape index (κ1) is 16.2. The number of pyridine rings is 1. The van der Waals surface area contributed by atoms with Gasteiger partial charge >= 0.3 is 0 Å². The van der Waals surface area contributed by atoms with Crippen LogP contribution in [0.4, 0.5) is 5.82 Å². The molecular weight excluding hydrogens is 262 g/mol. The number of nitrogens with one attached hydrogen (secondary N) is 1. The topological polar surface area (TPSA) is 48.4 Å². The SMILES string of the molecule is CC(C)(C)CC(O)CNC1CCN(c2ccccn2)CC1. The quantitative estimate of drug-likeness (QED) is 0.875. The third kappa shape index (κ3) is 5.64. The second kappa shape index (κ2) is 7.23. The van der Waals surface area contributed by atoms with Crippen LogP contribution in [0.1, 0.15) is 40.0 Å². The summed E-state index contributed by atoms with van der Waals surface area (Å²) in [5, 5.41) is 13.6. The molecule has 4 nitrogen and oxygen atoms in total. The van der Waals surface area contributed by atoms with Crippen LogP contribution in [0.3, 0.4) is 0 Å². The number of nitrogens with zero attached hydrogens (tertiary/aromatic N) is 2. The van der Waals surface area contributed by atoms with Gasteiger partial charge in [0.25, 0.3) is 0 Å². The number of hydrogen-bond donors (Lipinski definition) is 2. The molecular formula is C17H29N3O. The second-order valence-electron chi connectivity index (χ2n) is 7.28. The van der Waals surface area contributed by atoms with Crippen molar-refractivity contribution in [1.82, 2.24) is 10.3 Å². The molecule has 2 rings (SSSR count). The van der Waals surface area contributed by atoms with E-state index >= 15 is 0 Å². The first-order chi connectivity index (χ1) is 9.94. The number of piperidine rings is 1. The maximum atomic E-state index is 10.1. The summed E-state index contributed by atoms with van der Waals surface area (Å²) in [6.07, 6.45) is 4.66. The van der Waals surface area contributed by atoms with Gasteiger partial charge in [-0.2, -0.15) is 0 Å². The first-order valence-corrected chi connectivity index (χ1v) is 8.01. The third-order valence-corrected chi connectivity index (χ3v) is 3.96. The van der Waals surface area contributed by atoms with Crippen LogP contribution in [-0.4, -0.2) is 41.9 Å². The second-order valence-corrected chi connectivity index (χ2v) is 7.28. The Morgan fingerprint density at radius 1 is 1.33 bits per heavy atom. The van der Waals surface area contributed by atoms with E-state index < -0.39 is 0 Å². The maximum absolute atomic E-state index is 10.1. The average molecular weight is 291 g/mol. The third-order valence-electron chi connectivity index (χ3n) is 3.96. The summed E-state index contributed by atoms with van der Waals surface area (Å²) in [6, 6.07) is 6.57. The van der Waals surface area contributed by atoms with Crippen LogP contribution in [0.25, 0.3) is 0 Å². The molecule has 0 spiro atoms. The van der Waals surface area contributed by atoms with Crippen LogP contribution >= 0.6 is 0 Å². The van der Waals surface area contributed by atoms with E-state index in [1.165, 1.54) is 0 Å². The number of aliphatic hydroxyl groups excluding tert-OH is 1. The summed E-state index contributed by atoms with van der Waals surface area (Å²) in [6.45, 7) is 9.27. The number of hydrogen-bond acceptors (Lipinski definition) is 4. The molecule has 1 aliphatic heterocycles. The molecule has 1 unspecified atom stereocenters. The normalized spacial score (nSPS) is 18.8. The van der Waals surface area contributed by atoms with Crippen LogP contribution < -0.4 is 10.2 Å². The van der Waals surface area contributed by atoms with E-state index in [4.69, 9.17) is 0 Å². The predicted molar refractivity (Wildman–Crippen MR) is 87.6 cm³/mol. The van der Waals surface area contributed by atoms with Gasteiger partial charge in [0.2, 0.25) is 0 Å². The molecule has 1 fully saturated rings. The zero-order valence-electron chi connectivity index (χ0n) is 13.5. The van der Waals surface area contributed by atoms with Crippen molar-refractivity contribution in [1.29, 1.82) is 0 Å². The zero-order chi connectivity index (χ0) is 15.3. The summed E-state index contributed by atoms with van der Waals surface area (Å²) >= 11 is 0. The minimum absolute atomic E-state index is 0.184. The molecule has 4 heteroatoms. The average Bonchev–Trinajstić information content (AvgIpc) is 2.45. The standard InChI is InChI=1S/C17H29N3O/c1-17(2,3)12-15(21)13-19-14-7-10-20(11-8-14)16-6-4-5-9-18-16/h4-6,9,14-15,19,21H,7-8,10-13H2,1-3H3. The van der Waals surface area contributed by atoms with Gasteiger partial charge in [-0.05, 0) is 36.8 Å². The van der Waals surface area contributed by atoms with E-state index in [9.17, 15) is 5.11 Å². The van der Waals surface area contributed by atoms with Crippen molar-refractivity contribution >= 4 is 5.82 Å². The Kier molecular flexibility index (Phi) is 5.59. The van der Waals surface area contributed by atoms with Crippen LogP contribution in [0.2, 0.25) is 0 Å². The molecule has 1 saturated heterocycles. The smallest absolute Gasteiger partial charge is 0.128 e. The zero-order valence-corrected chi connectivity index (χ0v) is 13.5. The molecule has 2 heterocycles. The summed E-state index contributed by atoms with van der Waals surface area (Å²) in [4.78, 5) is 6.74. The molecule has 0 radical (unpaired) electrons. The minimum atomic E-state index is -0.251. The summed E-state index contributed by atoms with van der Waals surface area (Å²) < 4.78 is 0. The number of anilines is 1. The lowest BCUT2D eigenvalue weighted by molar-refractivity contribution is 0.115. The predicted octanol–water partition coefficient (Wildman–Crippen LogP) is 2.44. The molecule has 21 heavy (non-hydrogen) atoms.